The normalized spacial score (nSPS) is 20.4. The van der Waals surface area contributed by atoms with Crippen molar-refractivity contribution in [2.45, 2.75) is 64.5 Å². The minimum atomic E-state index is -0.636. The van der Waals surface area contributed by atoms with E-state index in [0.29, 0.717) is 17.9 Å². The van der Waals surface area contributed by atoms with Crippen LogP contribution in [0.25, 0.3) is 5.76 Å². The topological polar surface area (TPSA) is 76.1 Å². The van der Waals surface area contributed by atoms with Gasteiger partial charge in [0.05, 0.1) is 25.3 Å². The van der Waals surface area contributed by atoms with E-state index in [0.717, 1.165) is 42.6 Å². The molecule has 1 saturated heterocycles. The van der Waals surface area contributed by atoms with Crippen LogP contribution in [0, 0.1) is 0 Å². The summed E-state index contributed by atoms with van der Waals surface area (Å²) in [6.07, 6.45) is 3.78. The van der Waals surface area contributed by atoms with Crippen molar-refractivity contribution in [3.05, 3.63) is 64.7 Å². The highest BCUT2D eigenvalue weighted by Crippen LogP contribution is 2.44. The van der Waals surface area contributed by atoms with Gasteiger partial charge in [0, 0.05) is 11.6 Å². The van der Waals surface area contributed by atoms with E-state index in [1.807, 2.05) is 43.3 Å². The van der Waals surface area contributed by atoms with Crippen LogP contribution in [-0.4, -0.2) is 41.5 Å². The van der Waals surface area contributed by atoms with Crippen LogP contribution >= 0.6 is 0 Å². The van der Waals surface area contributed by atoms with Crippen LogP contribution in [0.3, 0.4) is 0 Å². The molecule has 0 spiro atoms. The zero-order chi connectivity index (χ0) is 24.4. The maximum Gasteiger partial charge on any atom is 0.295 e. The molecule has 0 radical (unpaired) electrons. The molecule has 1 atom stereocenters. The molecule has 6 heteroatoms. The minimum Gasteiger partial charge on any atom is -0.507 e. The van der Waals surface area contributed by atoms with Crippen molar-refractivity contribution in [2.75, 3.05) is 13.7 Å². The third-order valence-corrected chi connectivity index (χ3v) is 6.83. The van der Waals surface area contributed by atoms with Crippen molar-refractivity contribution in [1.82, 2.24) is 4.90 Å². The number of carbonyl (C=O) groups is 2. The van der Waals surface area contributed by atoms with Crippen LogP contribution in [0.5, 0.6) is 11.5 Å². The van der Waals surface area contributed by atoms with E-state index in [1.54, 1.807) is 18.1 Å². The van der Waals surface area contributed by atoms with Crippen molar-refractivity contribution < 1.29 is 24.2 Å². The molecule has 0 bridgehead atoms. The average molecular weight is 464 g/mol. The molecular weight excluding hydrogens is 430 g/mol. The van der Waals surface area contributed by atoms with Gasteiger partial charge in [-0.3, -0.25) is 9.59 Å². The molecule has 1 aliphatic carbocycles. The Morgan fingerprint density at radius 3 is 2.35 bits per heavy atom. The fraction of sp³-hybridized carbons (Fsp3) is 0.429. The number of Topliss-reactive ketones (excluding diaryl/α,β-unsaturated/α-hetero) is 1. The lowest BCUT2D eigenvalue weighted by molar-refractivity contribution is -0.141. The summed E-state index contributed by atoms with van der Waals surface area (Å²) in [5, 5.41) is 11.4. The number of ketones is 1. The summed E-state index contributed by atoms with van der Waals surface area (Å²) in [7, 11) is 1.60. The number of hydrogen-bond acceptors (Lipinski definition) is 5. The highest BCUT2D eigenvalue weighted by Gasteiger charge is 2.49. The summed E-state index contributed by atoms with van der Waals surface area (Å²) in [5.41, 5.74) is 2.37. The van der Waals surface area contributed by atoms with Gasteiger partial charge in [0.15, 0.2) is 0 Å². The number of ether oxygens (including phenoxy) is 2. The van der Waals surface area contributed by atoms with E-state index in [4.69, 9.17) is 9.47 Å². The molecule has 180 valence electrons. The Hall–Kier alpha value is -3.28. The monoisotopic (exact) mass is 463 g/mol. The van der Waals surface area contributed by atoms with Crippen LogP contribution in [0.2, 0.25) is 0 Å². The van der Waals surface area contributed by atoms with Gasteiger partial charge in [0.25, 0.3) is 11.7 Å². The Labute approximate surface area is 201 Å². The number of aliphatic hydroxyl groups excluding tert-OH is 1. The van der Waals surface area contributed by atoms with Crippen LogP contribution in [0.15, 0.2) is 48.0 Å². The third-order valence-electron chi connectivity index (χ3n) is 6.83. The number of likely N-dealkylation sites (tertiary alicyclic amines) is 1. The van der Waals surface area contributed by atoms with Gasteiger partial charge in [-0.15, -0.1) is 0 Å². The maximum absolute atomic E-state index is 13.3. The van der Waals surface area contributed by atoms with E-state index < -0.39 is 17.7 Å². The van der Waals surface area contributed by atoms with Crippen molar-refractivity contribution >= 4 is 17.4 Å². The lowest BCUT2D eigenvalue weighted by atomic mass is 9.92. The van der Waals surface area contributed by atoms with Gasteiger partial charge < -0.3 is 19.5 Å². The zero-order valence-corrected chi connectivity index (χ0v) is 20.3. The molecule has 1 unspecified atom stereocenters. The van der Waals surface area contributed by atoms with Crippen molar-refractivity contribution in [2.24, 2.45) is 0 Å². The molecule has 1 aliphatic heterocycles. The maximum atomic E-state index is 13.3. The molecular formula is C28H33NO5. The molecule has 2 aromatic rings. The van der Waals surface area contributed by atoms with Crippen LogP contribution in [-0.2, 0) is 9.59 Å². The predicted molar refractivity (Wildman–Crippen MR) is 131 cm³/mol. The lowest BCUT2D eigenvalue weighted by Gasteiger charge is -2.30. The summed E-state index contributed by atoms with van der Waals surface area (Å²) in [4.78, 5) is 28.3. The number of aliphatic hydroxyl groups is 1. The zero-order valence-electron chi connectivity index (χ0n) is 20.3. The predicted octanol–water partition coefficient (Wildman–Crippen LogP) is 5.58. The van der Waals surface area contributed by atoms with Gasteiger partial charge >= 0.3 is 0 Å². The highest BCUT2D eigenvalue weighted by atomic mass is 16.5. The molecule has 1 saturated carbocycles. The Balaban J connectivity index is 1.86. The minimum absolute atomic E-state index is 0.0135. The number of hydrogen-bond donors (Lipinski definition) is 1. The first-order valence-corrected chi connectivity index (χ1v) is 12.1. The smallest absolute Gasteiger partial charge is 0.295 e. The second-order valence-corrected chi connectivity index (χ2v) is 9.26. The number of carbonyl (C=O) groups excluding carboxylic acids is 2. The van der Waals surface area contributed by atoms with Gasteiger partial charge in [0.2, 0.25) is 0 Å². The SMILES string of the molecule is CCOc1ccc(/C(O)=C2/C(=O)C(=O)N(C3CCCC3)C2c2ccc(OC)cc2)cc1C(C)C. The van der Waals surface area contributed by atoms with Crippen molar-refractivity contribution in [1.29, 1.82) is 0 Å². The van der Waals surface area contributed by atoms with E-state index in [9.17, 15) is 14.7 Å². The fourth-order valence-corrected chi connectivity index (χ4v) is 5.11. The summed E-state index contributed by atoms with van der Waals surface area (Å²) < 4.78 is 11.0. The number of nitrogens with zero attached hydrogens (tertiary/aromatic N) is 1. The first-order valence-electron chi connectivity index (χ1n) is 12.1. The Morgan fingerprint density at radius 2 is 1.76 bits per heavy atom. The number of rotatable bonds is 7. The molecule has 6 nitrogen and oxygen atoms in total. The Morgan fingerprint density at radius 1 is 1.09 bits per heavy atom. The molecule has 2 aliphatic rings. The summed E-state index contributed by atoms with van der Waals surface area (Å²) in [6.45, 7) is 6.57. The van der Waals surface area contributed by atoms with Crippen molar-refractivity contribution in [3.63, 3.8) is 0 Å². The third kappa shape index (κ3) is 4.29. The molecule has 1 amide bonds. The average Bonchev–Trinajstić information content (AvgIpc) is 3.46. The summed E-state index contributed by atoms with van der Waals surface area (Å²) in [5.74, 6) is 0.286. The van der Waals surface area contributed by atoms with E-state index >= 15 is 0 Å². The van der Waals surface area contributed by atoms with Crippen molar-refractivity contribution in [3.8, 4) is 11.5 Å². The summed E-state index contributed by atoms with van der Waals surface area (Å²) >= 11 is 0. The van der Waals surface area contributed by atoms with Gasteiger partial charge in [0.1, 0.15) is 17.3 Å². The molecule has 34 heavy (non-hydrogen) atoms. The number of methoxy groups -OCH3 is 1. The van der Waals surface area contributed by atoms with Gasteiger partial charge in [-0.05, 0) is 67.1 Å². The van der Waals surface area contributed by atoms with E-state index in [-0.39, 0.29) is 23.3 Å². The van der Waals surface area contributed by atoms with Gasteiger partial charge in [-0.2, -0.15) is 0 Å². The van der Waals surface area contributed by atoms with Crippen LogP contribution in [0.1, 0.15) is 75.1 Å². The Kier molecular flexibility index (Phi) is 6.96. The quantitative estimate of drug-likeness (QED) is 0.329. The van der Waals surface area contributed by atoms with Gasteiger partial charge in [-0.1, -0.05) is 38.8 Å². The standard InChI is InChI=1S/C28H33NO5/c1-5-34-23-15-12-19(16-22(23)17(2)3)26(30)24-25(18-10-13-21(33-4)14-11-18)29(28(32)27(24)31)20-8-6-7-9-20/h10-17,20,25,30H,5-9H2,1-4H3/b26-24-. The van der Waals surface area contributed by atoms with Gasteiger partial charge in [-0.25, -0.2) is 0 Å². The van der Waals surface area contributed by atoms with E-state index in [1.165, 1.54) is 0 Å². The number of amides is 1. The van der Waals surface area contributed by atoms with E-state index in [2.05, 4.69) is 13.8 Å². The first kappa shape index (κ1) is 23.9. The van der Waals surface area contributed by atoms with Crippen LogP contribution in [0.4, 0.5) is 0 Å². The Bertz CT molecular complexity index is 1100. The fourth-order valence-electron chi connectivity index (χ4n) is 5.11. The molecule has 1 heterocycles. The molecule has 2 aromatic carbocycles. The largest absolute Gasteiger partial charge is 0.507 e. The lowest BCUT2D eigenvalue weighted by Crippen LogP contribution is -2.37. The molecule has 2 fully saturated rings. The highest BCUT2D eigenvalue weighted by molar-refractivity contribution is 6.46. The number of benzene rings is 2. The first-order chi connectivity index (χ1) is 16.4. The second kappa shape index (κ2) is 9.92. The molecule has 0 aromatic heterocycles. The summed E-state index contributed by atoms with van der Waals surface area (Å²) in [6, 6.07) is 12.1. The molecule has 4 rings (SSSR count). The van der Waals surface area contributed by atoms with Crippen LogP contribution < -0.4 is 9.47 Å². The second-order valence-electron chi connectivity index (χ2n) is 9.26. The molecule has 1 N–H and O–H groups in total.